The Morgan fingerprint density at radius 2 is 1.78 bits per heavy atom. The molecule has 3 N–H and O–H groups in total. The minimum atomic E-state index is -1.06. The van der Waals surface area contributed by atoms with Gasteiger partial charge in [-0.3, -0.25) is 19.4 Å². The highest BCUT2D eigenvalue weighted by molar-refractivity contribution is 6.30. The molecule has 2 atom stereocenters. The van der Waals surface area contributed by atoms with Crippen LogP contribution < -0.4 is 15.4 Å². The highest BCUT2D eigenvalue weighted by atomic mass is 35.5. The molecule has 0 aliphatic carbocycles. The zero-order valence-corrected chi connectivity index (χ0v) is 21.9. The van der Waals surface area contributed by atoms with Crippen molar-refractivity contribution in [2.45, 2.75) is 58.9 Å². The van der Waals surface area contributed by atoms with E-state index in [-0.39, 0.29) is 12.3 Å². The number of carbonyl (C=O) groups excluding carboxylic acids is 2. The van der Waals surface area contributed by atoms with Gasteiger partial charge in [-0.2, -0.15) is 0 Å². The molecule has 2 aromatic rings. The van der Waals surface area contributed by atoms with E-state index in [1.54, 1.807) is 30.5 Å². The van der Waals surface area contributed by atoms with Gasteiger partial charge in [-0.25, -0.2) is 0 Å². The smallest absolute Gasteiger partial charge is 0.304 e. The summed E-state index contributed by atoms with van der Waals surface area (Å²) in [6.07, 6.45) is 3.60. The molecule has 1 heterocycles. The maximum absolute atomic E-state index is 13.0. The molecule has 0 unspecified atom stereocenters. The quantitative estimate of drug-likeness (QED) is 0.322. The summed E-state index contributed by atoms with van der Waals surface area (Å²) in [4.78, 5) is 41.6. The zero-order valence-electron chi connectivity index (χ0n) is 21.1. The number of carboxylic acid groups (broad SMARTS) is 1. The van der Waals surface area contributed by atoms with Gasteiger partial charge in [-0.1, -0.05) is 38.4 Å². The second-order valence-electron chi connectivity index (χ2n) is 9.76. The van der Waals surface area contributed by atoms with E-state index >= 15 is 0 Å². The van der Waals surface area contributed by atoms with Crippen molar-refractivity contribution in [2.75, 3.05) is 13.2 Å². The molecule has 1 aromatic carbocycles. The van der Waals surface area contributed by atoms with E-state index in [2.05, 4.69) is 15.6 Å². The minimum absolute atomic E-state index is 0.304. The number of pyridine rings is 1. The molecule has 0 fully saturated rings. The van der Waals surface area contributed by atoms with Crippen molar-refractivity contribution in [1.29, 1.82) is 0 Å². The predicted molar refractivity (Wildman–Crippen MR) is 139 cm³/mol. The van der Waals surface area contributed by atoms with Crippen molar-refractivity contribution < 1.29 is 24.2 Å². The lowest BCUT2D eigenvalue weighted by atomic mass is 9.85. The number of amides is 2. The molecule has 0 aliphatic heterocycles. The Bertz CT molecular complexity index is 977. The number of rotatable bonds is 14. The monoisotopic (exact) mass is 517 g/mol. The van der Waals surface area contributed by atoms with Crippen molar-refractivity contribution in [2.24, 2.45) is 11.3 Å². The van der Waals surface area contributed by atoms with Crippen LogP contribution >= 0.6 is 11.6 Å². The van der Waals surface area contributed by atoms with Crippen LogP contribution in [0.3, 0.4) is 0 Å². The van der Waals surface area contributed by atoms with Gasteiger partial charge >= 0.3 is 5.97 Å². The first-order chi connectivity index (χ1) is 17.1. The highest BCUT2D eigenvalue weighted by Gasteiger charge is 2.34. The lowest BCUT2D eigenvalue weighted by molar-refractivity contribution is -0.142. The van der Waals surface area contributed by atoms with Gasteiger partial charge in [0.25, 0.3) is 0 Å². The fourth-order valence-corrected chi connectivity index (χ4v) is 3.77. The first-order valence-electron chi connectivity index (χ1n) is 12.1. The largest absolute Gasteiger partial charge is 0.494 e. The molecule has 196 valence electrons. The Labute approximate surface area is 217 Å². The summed E-state index contributed by atoms with van der Waals surface area (Å²) in [6, 6.07) is 11.8. The van der Waals surface area contributed by atoms with Crippen LogP contribution in [0, 0.1) is 11.3 Å². The Morgan fingerprint density at radius 1 is 1.06 bits per heavy atom. The standard InChI is InChI=1S/C27H36ClN3O5/c1-27(2,3)24(26(35)30-16-14-21-9-4-6-15-29-21)31-25(34)19(18-23(32)33)8-5-7-17-36-22-12-10-20(28)11-13-22/h4,6,9-13,15,19,24H,5,7-8,14,16-18H2,1-3H3,(H,30,35)(H,31,34)(H,32,33)/t19-,24-/m1/s1. The number of carboxylic acids is 1. The van der Waals surface area contributed by atoms with E-state index in [4.69, 9.17) is 16.3 Å². The van der Waals surface area contributed by atoms with Gasteiger partial charge in [0.1, 0.15) is 11.8 Å². The normalized spacial score (nSPS) is 12.9. The molecule has 2 amide bonds. The Kier molecular flexibility index (Phi) is 11.7. The molecule has 0 bridgehead atoms. The van der Waals surface area contributed by atoms with Crippen molar-refractivity contribution in [3.8, 4) is 5.75 Å². The fraction of sp³-hybridized carbons (Fsp3) is 0.481. The highest BCUT2D eigenvalue weighted by Crippen LogP contribution is 2.22. The van der Waals surface area contributed by atoms with Gasteiger partial charge in [0.05, 0.1) is 13.0 Å². The molecule has 0 saturated heterocycles. The molecular formula is C27H36ClN3O5. The molecule has 8 nitrogen and oxygen atoms in total. The summed E-state index contributed by atoms with van der Waals surface area (Å²) in [5, 5.41) is 15.6. The Morgan fingerprint density at radius 3 is 2.39 bits per heavy atom. The molecule has 2 rings (SSSR count). The summed E-state index contributed by atoms with van der Waals surface area (Å²) in [6.45, 7) is 6.39. The van der Waals surface area contributed by atoms with E-state index in [0.29, 0.717) is 49.6 Å². The van der Waals surface area contributed by atoms with E-state index in [0.717, 1.165) is 5.69 Å². The van der Waals surface area contributed by atoms with Gasteiger partial charge < -0.3 is 20.5 Å². The topological polar surface area (TPSA) is 118 Å². The average Bonchev–Trinajstić information content (AvgIpc) is 2.82. The van der Waals surface area contributed by atoms with Gasteiger partial charge in [0, 0.05) is 35.8 Å². The molecule has 36 heavy (non-hydrogen) atoms. The number of carbonyl (C=O) groups is 3. The summed E-state index contributed by atoms with van der Waals surface area (Å²) in [7, 11) is 0. The third-order valence-electron chi connectivity index (χ3n) is 5.64. The first kappa shape index (κ1) is 29.1. The van der Waals surface area contributed by atoms with Gasteiger partial charge in [0.15, 0.2) is 0 Å². The summed E-state index contributed by atoms with van der Waals surface area (Å²) >= 11 is 5.87. The van der Waals surface area contributed by atoms with E-state index in [1.807, 2.05) is 39.0 Å². The number of halogens is 1. The van der Waals surface area contributed by atoms with Crippen molar-refractivity contribution >= 4 is 29.4 Å². The van der Waals surface area contributed by atoms with Gasteiger partial charge in [-0.15, -0.1) is 0 Å². The van der Waals surface area contributed by atoms with Crippen LogP contribution in [0.5, 0.6) is 5.75 Å². The number of aliphatic carboxylic acids is 1. The first-order valence-corrected chi connectivity index (χ1v) is 12.5. The maximum atomic E-state index is 13.0. The molecule has 9 heteroatoms. The molecule has 0 spiro atoms. The SMILES string of the molecule is CC(C)(C)[C@H](NC(=O)[C@H](CCCCOc1ccc(Cl)cc1)CC(=O)O)C(=O)NCCc1ccccn1. The Hall–Kier alpha value is -3.13. The number of ether oxygens (including phenoxy) is 1. The van der Waals surface area contributed by atoms with Crippen LogP contribution in [-0.4, -0.2) is 47.1 Å². The number of hydrogen-bond acceptors (Lipinski definition) is 5. The summed E-state index contributed by atoms with van der Waals surface area (Å²) in [5.41, 5.74) is 0.293. The van der Waals surface area contributed by atoms with Gasteiger partial charge in [-0.05, 0) is 61.1 Å². The van der Waals surface area contributed by atoms with Crippen LogP contribution in [0.15, 0.2) is 48.7 Å². The van der Waals surface area contributed by atoms with E-state index in [9.17, 15) is 19.5 Å². The summed E-state index contributed by atoms with van der Waals surface area (Å²) in [5.74, 6) is -1.85. The van der Waals surface area contributed by atoms with Crippen LogP contribution in [0.1, 0.15) is 52.1 Å². The van der Waals surface area contributed by atoms with Crippen molar-refractivity contribution in [1.82, 2.24) is 15.6 Å². The second kappa shape index (κ2) is 14.4. The number of hydrogen-bond donors (Lipinski definition) is 3. The lowest BCUT2D eigenvalue weighted by Crippen LogP contribution is -2.55. The molecule has 0 aliphatic rings. The molecule has 0 saturated carbocycles. The maximum Gasteiger partial charge on any atom is 0.304 e. The van der Waals surface area contributed by atoms with Crippen LogP contribution in [0.25, 0.3) is 0 Å². The second-order valence-corrected chi connectivity index (χ2v) is 10.2. The minimum Gasteiger partial charge on any atom is -0.494 e. The lowest BCUT2D eigenvalue weighted by Gasteiger charge is -2.31. The number of unbranched alkanes of at least 4 members (excludes halogenated alkanes) is 1. The van der Waals surface area contributed by atoms with Crippen LogP contribution in [-0.2, 0) is 20.8 Å². The number of aromatic nitrogens is 1. The fourth-order valence-electron chi connectivity index (χ4n) is 3.65. The van der Waals surface area contributed by atoms with E-state index in [1.165, 1.54) is 0 Å². The molecule has 1 aromatic heterocycles. The van der Waals surface area contributed by atoms with Gasteiger partial charge in [0.2, 0.25) is 11.8 Å². The van der Waals surface area contributed by atoms with Crippen LogP contribution in [0.4, 0.5) is 0 Å². The third kappa shape index (κ3) is 10.6. The van der Waals surface area contributed by atoms with Crippen molar-refractivity contribution in [3.63, 3.8) is 0 Å². The Balaban J connectivity index is 1.88. The predicted octanol–water partition coefficient (Wildman–Crippen LogP) is 4.26. The zero-order chi connectivity index (χ0) is 26.6. The van der Waals surface area contributed by atoms with Crippen molar-refractivity contribution in [3.05, 3.63) is 59.4 Å². The molecular weight excluding hydrogens is 482 g/mol. The third-order valence-corrected chi connectivity index (χ3v) is 5.89. The number of nitrogens with one attached hydrogen (secondary N) is 2. The number of nitrogens with zero attached hydrogens (tertiary/aromatic N) is 1. The number of benzene rings is 1. The van der Waals surface area contributed by atoms with E-state index < -0.39 is 29.3 Å². The average molecular weight is 518 g/mol. The molecule has 0 radical (unpaired) electrons. The van der Waals surface area contributed by atoms with Crippen LogP contribution in [0.2, 0.25) is 5.02 Å². The summed E-state index contributed by atoms with van der Waals surface area (Å²) < 4.78 is 5.66.